The van der Waals surface area contributed by atoms with Crippen molar-refractivity contribution in [2.45, 2.75) is 31.2 Å². The fraction of sp³-hybridized carbons (Fsp3) is 0.208. The Kier molecular flexibility index (Phi) is 7.53. The van der Waals surface area contributed by atoms with Crippen LogP contribution < -0.4 is 9.62 Å². The first kappa shape index (κ1) is 23.8. The van der Waals surface area contributed by atoms with Gasteiger partial charge in [0.15, 0.2) is 0 Å². The van der Waals surface area contributed by atoms with Gasteiger partial charge in [-0.25, -0.2) is 12.8 Å². The lowest BCUT2D eigenvalue weighted by Crippen LogP contribution is -2.41. The van der Waals surface area contributed by atoms with Gasteiger partial charge in [-0.3, -0.25) is 9.10 Å². The Morgan fingerprint density at radius 1 is 1.06 bits per heavy atom. The van der Waals surface area contributed by atoms with Gasteiger partial charge in [0.2, 0.25) is 5.91 Å². The molecule has 0 radical (unpaired) electrons. The van der Waals surface area contributed by atoms with Crippen molar-refractivity contribution in [1.29, 1.82) is 0 Å². The lowest BCUT2D eigenvalue weighted by molar-refractivity contribution is -0.120. The van der Waals surface area contributed by atoms with Crippen molar-refractivity contribution in [3.8, 4) is 0 Å². The molecular weight excluding hydrogens is 451 g/mol. The van der Waals surface area contributed by atoms with E-state index in [1.807, 2.05) is 31.2 Å². The van der Waals surface area contributed by atoms with Gasteiger partial charge in [0.05, 0.1) is 21.6 Å². The molecule has 8 heteroatoms. The molecule has 0 saturated carbocycles. The number of anilines is 1. The van der Waals surface area contributed by atoms with Crippen LogP contribution in [0.1, 0.15) is 31.0 Å². The van der Waals surface area contributed by atoms with Crippen LogP contribution in [-0.2, 0) is 21.2 Å². The van der Waals surface area contributed by atoms with E-state index < -0.39 is 28.3 Å². The van der Waals surface area contributed by atoms with Crippen molar-refractivity contribution in [2.75, 3.05) is 10.8 Å². The molecule has 1 unspecified atom stereocenters. The molecule has 3 aromatic rings. The lowest BCUT2D eigenvalue weighted by Gasteiger charge is -2.25. The highest BCUT2D eigenvalue weighted by Crippen LogP contribution is 2.27. The number of sulfonamides is 1. The van der Waals surface area contributed by atoms with Crippen molar-refractivity contribution in [1.82, 2.24) is 5.32 Å². The minimum absolute atomic E-state index is 0.0106. The molecule has 0 aromatic heterocycles. The van der Waals surface area contributed by atoms with Crippen molar-refractivity contribution in [3.05, 3.63) is 94.8 Å². The highest BCUT2D eigenvalue weighted by Gasteiger charge is 2.28. The van der Waals surface area contributed by atoms with Crippen molar-refractivity contribution < 1.29 is 17.6 Å². The smallest absolute Gasteiger partial charge is 0.264 e. The number of carbonyl (C=O) groups excluding carboxylic acids is 1. The molecule has 0 heterocycles. The minimum Gasteiger partial charge on any atom is -0.348 e. The van der Waals surface area contributed by atoms with E-state index in [1.165, 1.54) is 29.8 Å². The second-order valence-corrected chi connectivity index (χ2v) is 9.58. The maximum atomic E-state index is 13.7. The minimum atomic E-state index is -4.10. The average molecular weight is 475 g/mol. The molecule has 0 saturated heterocycles. The topological polar surface area (TPSA) is 66.5 Å². The van der Waals surface area contributed by atoms with Crippen molar-refractivity contribution in [2.24, 2.45) is 0 Å². The first-order valence-electron chi connectivity index (χ1n) is 10.1. The SMILES string of the molecule is CCc1ccc(C(C)NC(=O)CN(c2ccc(F)c(Cl)c2)S(=O)(=O)c2ccccc2)cc1. The van der Waals surface area contributed by atoms with Crippen LogP contribution in [0.3, 0.4) is 0 Å². The van der Waals surface area contributed by atoms with Gasteiger partial charge in [-0.05, 0) is 54.8 Å². The third kappa shape index (κ3) is 5.47. The third-order valence-corrected chi connectivity index (χ3v) is 7.15. The Balaban J connectivity index is 1.88. The third-order valence-electron chi connectivity index (χ3n) is 5.08. The Labute approximate surface area is 192 Å². The van der Waals surface area contributed by atoms with Gasteiger partial charge in [-0.15, -0.1) is 0 Å². The van der Waals surface area contributed by atoms with Crippen LogP contribution in [0.15, 0.2) is 77.7 Å². The van der Waals surface area contributed by atoms with E-state index >= 15 is 0 Å². The van der Waals surface area contributed by atoms with E-state index in [0.29, 0.717) is 0 Å². The highest BCUT2D eigenvalue weighted by atomic mass is 35.5. The van der Waals surface area contributed by atoms with E-state index in [-0.39, 0.29) is 21.6 Å². The number of halogens is 2. The van der Waals surface area contributed by atoms with Crippen molar-refractivity contribution >= 4 is 33.2 Å². The van der Waals surface area contributed by atoms with Crippen LogP contribution in [0.5, 0.6) is 0 Å². The second-order valence-electron chi connectivity index (χ2n) is 7.31. The molecule has 32 heavy (non-hydrogen) atoms. The van der Waals surface area contributed by atoms with Gasteiger partial charge in [0.25, 0.3) is 10.0 Å². The number of nitrogens with zero attached hydrogens (tertiary/aromatic N) is 1. The Morgan fingerprint density at radius 3 is 2.31 bits per heavy atom. The fourth-order valence-electron chi connectivity index (χ4n) is 3.22. The standard InChI is InChI=1S/C24H24ClFN2O3S/c1-3-18-9-11-19(12-10-18)17(2)27-24(29)16-28(20-13-14-23(26)22(25)15-20)32(30,31)21-7-5-4-6-8-21/h4-15,17H,3,16H2,1-2H3,(H,27,29). The Bertz CT molecular complexity index is 1190. The first-order chi connectivity index (χ1) is 15.2. The molecule has 1 atom stereocenters. The number of amides is 1. The van der Waals surface area contributed by atoms with Gasteiger partial charge in [-0.1, -0.05) is 61.0 Å². The number of benzene rings is 3. The summed E-state index contributed by atoms with van der Waals surface area (Å²) in [4.78, 5) is 12.8. The maximum absolute atomic E-state index is 13.7. The number of rotatable bonds is 8. The molecule has 1 N–H and O–H groups in total. The summed E-state index contributed by atoms with van der Waals surface area (Å²) in [6, 6.07) is 18.8. The summed E-state index contributed by atoms with van der Waals surface area (Å²) in [6.07, 6.45) is 0.910. The molecule has 5 nitrogen and oxygen atoms in total. The largest absolute Gasteiger partial charge is 0.348 e. The summed E-state index contributed by atoms with van der Waals surface area (Å²) in [6.45, 7) is 3.39. The zero-order chi connectivity index (χ0) is 23.3. The molecule has 3 aromatic carbocycles. The van der Waals surface area contributed by atoms with Gasteiger partial charge in [0.1, 0.15) is 12.4 Å². The molecular formula is C24H24ClFN2O3S. The molecule has 0 fully saturated rings. The molecule has 3 rings (SSSR count). The molecule has 0 bridgehead atoms. The zero-order valence-corrected chi connectivity index (χ0v) is 19.3. The summed E-state index contributed by atoms with van der Waals surface area (Å²) in [7, 11) is -4.10. The van der Waals surface area contributed by atoms with Crippen LogP contribution in [0.4, 0.5) is 10.1 Å². The summed E-state index contributed by atoms with van der Waals surface area (Å²) in [5, 5.41) is 2.60. The van der Waals surface area contributed by atoms with E-state index in [9.17, 15) is 17.6 Å². The average Bonchev–Trinajstić information content (AvgIpc) is 2.80. The lowest BCUT2D eigenvalue weighted by atomic mass is 10.1. The monoisotopic (exact) mass is 474 g/mol. The number of carbonyl (C=O) groups is 1. The summed E-state index contributed by atoms with van der Waals surface area (Å²) in [5.74, 6) is -1.18. The van der Waals surface area contributed by atoms with Gasteiger partial charge in [0, 0.05) is 0 Å². The molecule has 168 valence electrons. The van der Waals surface area contributed by atoms with Crippen LogP contribution in [-0.4, -0.2) is 20.9 Å². The number of hydrogen-bond donors (Lipinski definition) is 1. The summed E-state index contributed by atoms with van der Waals surface area (Å²) >= 11 is 5.88. The highest BCUT2D eigenvalue weighted by molar-refractivity contribution is 7.92. The van der Waals surface area contributed by atoms with Crippen LogP contribution in [0.2, 0.25) is 5.02 Å². The Morgan fingerprint density at radius 2 is 1.72 bits per heavy atom. The van der Waals surface area contributed by atoms with Crippen LogP contribution in [0.25, 0.3) is 0 Å². The predicted molar refractivity (Wildman–Crippen MR) is 125 cm³/mol. The fourth-order valence-corrected chi connectivity index (χ4v) is 4.83. The predicted octanol–water partition coefficient (Wildman–Crippen LogP) is 5.11. The van der Waals surface area contributed by atoms with Crippen LogP contribution in [0, 0.1) is 5.82 Å². The van der Waals surface area contributed by atoms with E-state index in [1.54, 1.807) is 18.2 Å². The van der Waals surface area contributed by atoms with Crippen LogP contribution >= 0.6 is 11.6 Å². The number of hydrogen-bond acceptors (Lipinski definition) is 3. The van der Waals surface area contributed by atoms with E-state index in [0.717, 1.165) is 22.4 Å². The number of aryl methyl sites for hydroxylation is 1. The van der Waals surface area contributed by atoms with Gasteiger partial charge >= 0.3 is 0 Å². The second kappa shape index (κ2) is 10.1. The first-order valence-corrected chi connectivity index (χ1v) is 11.9. The molecule has 0 aliphatic carbocycles. The van der Waals surface area contributed by atoms with E-state index in [4.69, 9.17) is 11.6 Å². The van der Waals surface area contributed by atoms with Crippen molar-refractivity contribution in [3.63, 3.8) is 0 Å². The number of nitrogens with one attached hydrogen (secondary N) is 1. The zero-order valence-electron chi connectivity index (χ0n) is 17.8. The maximum Gasteiger partial charge on any atom is 0.264 e. The molecule has 0 aliphatic rings. The molecule has 0 spiro atoms. The quantitative estimate of drug-likeness (QED) is 0.493. The van der Waals surface area contributed by atoms with Gasteiger partial charge in [-0.2, -0.15) is 0 Å². The molecule has 1 amide bonds. The van der Waals surface area contributed by atoms with E-state index in [2.05, 4.69) is 12.2 Å². The normalized spacial score (nSPS) is 12.2. The Hall–Kier alpha value is -2.90. The summed E-state index contributed by atoms with van der Waals surface area (Å²) in [5.41, 5.74) is 2.17. The summed E-state index contributed by atoms with van der Waals surface area (Å²) < 4.78 is 41.2. The van der Waals surface area contributed by atoms with Gasteiger partial charge < -0.3 is 5.32 Å². The molecule has 0 aliphatic heterocycles.